The fraction of sp³-hybridized carbons (Fsp3) is 0.889. The third-order valence-corrected chi connectivity index (χ3v) is 5.95. The van der Waals surface area contributed by atoms with Gasteiger partial charge in [0.25, 0.3) is 0 Å². The molecule has 2 N–H and O–H groups in total. The lowest BCUT2D eigenvalue weighted by Crippen LogP contribution is -2.42. The van der Waals surface area contributed by atoms with E-state index in [0.717, 1.165) is 44.9 Å². The van der Waals surface area contributed by atoms with Crippen molar-refractivity contribution in [1.82, 2.24) is 0 Å². The molecule has 22 heavy (non-hydrogen) atoms. The van der Waals surface area contributed by atoms with Crippen LogP contribution in [0.15, 0.2) is 0 Å². The van der Waals surface area contributed by atoms with Crippen LogP contribution < -0.4 is 0 Å². The third kappa shape index (κ3) is 4.02. The Balaban J connectivity index is 2.25. The lowest BCUT2D eigenvalue weighted by Gasteiger charge is -2.41. The van der Waals surface area contributed by atoms with Gasteiger partial charge in [0.1, 0.15) is 0 Å². The molecule has 0 aromatic heterocycles. The fourth-order valence-electron chi connectivity index (χ4n) is 4.61. The summed E-state index contributed by atoms with van der Waals surface area (Å²) in [6.45, 7) is 0. The Hall–Kier alpha value is -1.06. The van der Waals surface area contributed by atoms with Gasteiger partial charge in [0.15, 0.2) is 0 Å². The second-order valence-corrected chi connectivity index (χ2v) is 7.34. The Kier molecular flexibility index (Phi) is 6.27. The van der Waals surface area contributed by atoms with E-state index in [0.29, 0.717) is 19.3 Å². The SMILES string of the molecule is O=C(O)C1CCCCCC(C(=O)O)(C2CCCCCCC2)C1. The molecule has 2 fully saturated rings. The lowest BCUT2D eigenvalue weighted by molar-refractivity contribution is -0.159. The van der Waals surface area contributed by atoms with Crippen molar-refractivity contribution < 1.29 is 19.8 Å². The minimum Gasteiger partial charge on any atom is -0.481 e. The van der Waals surface area contributed by atoms with Gasteiger partial charge in [-0.25, -0.2) is 0 Å². The molecule has 0 aromatic rings. The third-order valence-electron chi connectivity index (χ3n) is 5.95. The summed E-state index contributed by atoms with van der Waals surface area (Å²) < 4.78 is 0. The smallest absolute Gasteiger partial charge is 0.309 e. The van der Waals surface area contributed by atoms with Gasteiger partial charge in [-0.3, -0.25) is 9.59 Å². The Bertz CT molecular complexity index is 385. The van der Waals surface area contributed by atoms with E-state index in [2.05, 4.69) is 0 Å². The number of carboxylic acids is 2. The number of hydrogen-bond donors (Lipinski definition) is 2. The maximum atomic E-state index is 12.2. The van der Waals surface area contributed by atoms with Gasteiger partial charge < -0.3 is 10.2 Å². The molecule has 0 amide bonds. The quantitative estimate of drug-likeness (QED) is 0.806. The molecule has 0 bridgehead atoms. The van der Waals surface area contributed by atoms with Gasteiger partial charge in [-0.1, -0.05) is 51.4 Å². The molecule has 0 aliphatic heterocycles. The number of hydrogen-bond acceptors (Lipinski definition) is 2. The zero-order chi connectivity index (χ0) is 16.0. The molecule has 0 heterocycles. The fourth-order valence-corrected chi connectivity index (χ4v) is 4.61. The predicted octanol–water partition coefficient (Wildman–Crippen LogP) is 4.47. The first-order chi connectivity index (χ1) is 10.6. The molecule has 4 nitrogen and oxygen atoms in total. The van der Waals surface area contributed by atoms with E-state index in [9.17, 15) is 19.8 Å². The molecule has 0 radical (unpaired) electrons. The molecule has 2 aliphatic rings. The number of carbonyl (C=O) groups is 2. The minimum absolute atomic E-state index is 0.158. The summed E-state index contributed by atoms with van der Waals surface area (Å²) in [6, 6.07) is 0. The van der Waals surface area contributed by atoms with Crippen molar-refractivity contribution in [1.29, 1.82) is 0 Å². The van der Waals surface area contributed by atoms with Crippen LogP contribution in [0.25, 0.3) is 0 Å². The van der Waals surface area contributed by atoms with Crippen LogP contribution in [0.1, 0.15) is 83.5 Å². The monoisotopic (exact) mass is 310 g/mol. The van der Waals surface area contributed by atoms with Crippen LogP contribution in [0.3, 0.4) is 0 Å². The minimum atomic E-state index is -0.807. The highest BCUT2D eigenvalue weighted by molar-refractivity contribution is 5.77. The number of aliphatic carboxylic acids is 2. The van der Waals surface area contributed by atoms with Gasteiger partial charge in [0.05, 0.1) is 11.3 Å². The van der Waals surface area contributed by atoms with Crippen molar-refractivity contribution in [3.8, 4) is 0 Å². The Morgan fingerprint density at radius 1 is 0.773 bits per heavy atom. The number of carboxylic acid groups (broad SMARTS) is 2. The van der Waals surface area contributed by atoms with Crippen LogP contribution in [-0.4, -0.2) is 22.2 Å². The largest absolute Gasteiger partial charge is 0.481 e. The maximum absolute atomic E-state index is 12.2. The first kappa shape index (κ1) is 17.3. The highest BCUT2D eigenvalue weighted by Gasteiger charge is 2.47. The van der Waals surface area contributed by atoms with Crippen LogP contribution in [0.2, 0.25) is 0 Å². The second kappa shape index (κ2) is 7.98. The normalized spacial score (nSPS) is 32.3. The van der Waals surface area contributed by atoms with Crippen molar-refractivity contribution in [3.63, 3.8) is 0 Å². The second-order valence-electron chi connectivity index (χ2n) is 7.34. The summed E-state index contributed by atoms with van der Waals surface area (Å²) in [5, 5.41) is 19.5. The molecule has 0 spiro atoms. The molecule has 126 valence electrons. The van der Waals surface area contributed by atoms with Crippen molar-refractivity contribution in [2.75, 3.05) is 0 Å². The molecule has 2 atom stereocenters. The molecular weight excluding hydrogens is 280 g/mol. The van der Waals surface area contributed by atoms with E-state index in [-0.39, 0.29) is 5.92 Å². The van der Waals surface area contributed by atoms with Gasteiger partial charge in [-0.05, 0) is 38.0 Å². The van der Waals surface area contributed by atoms with Crippen molar-refractivity contribution in [3.05, 3.63) is 0 Å². The van der Waals surface area contributed by atoms with Gasteiger partial charge in [-0.15, -0.1) is 0 Å². The van der Waals surface area contributed by atoms with Crippen molar-refractivity contribution >= 4 is 11.9 Å². The lowest BCUT2D eigenvalue weighted by atomic mass is 9.62. The first-order valence-electron chi connectivity index (χ1n) is 9.02. The van der Waals surface area contributed by atoms with Crippen LogP contribution in [-0.2, 0) is 9.59 Å². The van der Waals surface area contributed by atoms with E-state index in [1.807, 2.05) is 0 Å². The summed E-state index contributed by atoms with van der Waals surface area (Å²) in [5.41, 5.74) is -0.805. The number of rotatable bonds is 3. The first-order valence-corrected chi connectivity index (χ1v) is 9.02. The van der Waals surface area contributed by atoms with Crippen molar-refractivity contribution in [2.45, 2.75) is 83.5 Å². The Morgan fingerprint density at radius 2 is 1.32 bits per heavy atom. The molecule has 2 saturated carbocycles. The maximum Gasteiger partial charge on any atom is 0.309 e. The zero-order valence-electron chi connectivity index (χ0n) is 13.6. The molecule has 2 aliphatic carbocycles. The van der Waals surface area contributed by atoms with E-state index >= 15 is 0 Å². The Labute approximate surface area is 133 Å². The average molecular weight is 310 g/mol. The zero-order valence-corrected chi connectivity index (χ0v) is 13.6. The summed E-state index contributed by atoms with van der Waals surface area (Å²) in [4.78, 5) is 23.8. The summed E-state index contributed by atoms with van der Waals surface area (Å²) in [6.07, 6.45) is 12.2. The molecule has 2 unspecified atom stereocenters. The molecular formula is C18H30O4. The molecule has 0 saturated heterocycles. The van der Waals surface area contributed by atoms with Gasteiger partial charge >= 0.3 is 11.9 Å². The van der Waals surface area contributed by atoms with Gasteiger partial charge in [0, 0.05) is 0 Å². The van der Waals surface area contributed by atoms with E-state index in [4.69, 9.17) is 0 Å². The standard InChI is InChI=1S/C18H30O4/c19-16(20)14-9-5-4-8-12-18(13-14,17(21)22)15-10-6-2-1-3-7-11-15/h14-15H,1-13H2,(H,19,20)(H,21,22). The molecule has 2 rings (SSSR count). The van der Waals surface area contributed by atoms with Crippen LogP contribution in [0.5, 0.6) is 0 Å². The topological polar surface area (TPSA) is 74.6 Å². The molecule has 0 aromatic carbocycles. The van der Waals surface area contributed by atoms with Crippen LogP contribution in [0.4, 0.5) is 0 Å². The highest BCUT2D eigenvalue weighted by Crippen LogP contribution is 2.47. The van der Waals surface area contributed by atoms with E-state index < -0.39 is 23.3 Å². The summed E-state index contributed by atoms with van der Waals surface area (Å²) >= 11 is 0. The van der Waals surface area contributed by atoms with Crippen LogP contribution in [0, 0.1) is 17.3 Å². The summed E-state index contributed by atoms with van der Waals surface area (Å²) in [5.74, 6) is -1.88. The highest BCUT2D eigenvalue weighted by atomic mass is 16.4. The van der Waals surface area contributed by atoms with Gasteiger partial charge in [0.2, 0.25) is 0 Å². The van der Waals surface area contributed by atoms with E-state index in [1.54, 1.807) is 0 Å². The average Bonchev–Trinajstić information content (AvgIpc) is 2.38. The van der Waals surface area contributed by atoms with Gasteiger partial charge in [-0.2, -0.15) is 0 Å². The Morgan fingerprint density at radius 3 is 1.91 bits per heavy atom. The predicted molar refractivity (Wildman–Crippen MR) is 84.7 cm³/mol. The molecule has 4 heteroatoms. The summed E-state index contributed by atoms with van der Waals surface area (Å²) in [7, 11) is 0. The van der Waals surface area contributed by atoms with E-state index in [1.165, 1.54) is 19.3 Å². The van der Waals surface area contributed by atoms with Crippen molar-refractivity contribution in [2.24, 2.45) is 17.3 Å². The van der Waals surface area contributed by atoms with Crippen LogP contribution >= 0.6 is 0 Å².